The van der Waals surface area contributed by atoms with Crippen LogP contribution in [-0.2, 0) is 12.4 Å². The van der Waals surface area contributed by atoms with Crippen LogP contribution >= 0.6 is 35.0 Å². The first-order chi connectivity index (χ1) is 17.1. The number of benzene rings is 4. The fourth-order valence-electron chi connectivity index (χ4n) is 3.11. The Labute approximate surface area is 218 Å². The highest BCUT2D eigenvalue weighted by Crippen LogP contribution is 2.24. The van der Waals surface area contributed by atoms with Crippen LogP contribution in [0, 0.1) is 0 Å². The molecule has 0 aliphatic rings. The molecule has 0 saturated carbocycles. The standard InChI is InChI=1S/C28H22Cl2N2O2S/c29-24-11-15-26(16-12-24)35-19-21-5-9-22(10-6-21)28(33)32-31-17-20-7-13-25(14-8-20)34-18-23-3-1-2-4-27(23)30/h1-17H,18-19H2,(H,32,33)/b31-17-. The van der Waals surface area contributed by atoms with Gasteiger partial charge in [0.1, 0.15) is 12.4 Å². The molecule has 4 nitrogen and oxygen atoms in total. The molecule has 0 radical (unpaired) electrons. The van der Waals surface area contributed by atoms with Crippen LogP contribution in [0.2, 0.25) is 10.0 Å². The van der Waals surface area contributed by atoms with Crippen LogP contribution in [-0.4, -0.2) is 12.1 Å². The van der Waals surface area contributed by atoms with Crippen molar-refractivity contribution in [2.45, 2.75) is 17.3 Å². The molecule has 0 unspecified atom stereocenters. The van der Waals surface area contributed by atoms with Crippen molar-refractivity contribution in [2.24, 2.45) is 5.10 Å². The highest BCUT2D eigenvalue weighted by atomic mass is 35.5. The molecule has 0 saturated heterocycles. The summed E-state index contributed by atoms with van der Waals surface area (Å²) in [5.41, 5.74) is 6.00. The van der Waals surface area contributed by atoms with E-state index in [2.05, 4.69) is 10.5 Å². The van der Waals surface area contributed by atoms with E-state index in [0.29, 0.717) is 17.2 Å². The van der Waals surface area contributed by atoms with Gasteiger partial charge in [-0.15, -0.1) is 11.8 Å². The number of ether oxygens (including phenoxy) is 1. The molecule has 0 aliphatic carbocycles. The number of nitrogens with zero attached hydrogens (tertiary/aromatic N) is 1. The van der Waals surface area contributed by atoms with Gasteiger partial charge in [0.2, 0.25) is 0 Å². The number of rotatable bonds is 9. The van der Waals surface area contributed by atoms with E-state index < -0.39 is 0 Å². The Morgan fingerprint density at radius 2 is 1.60 bits per heavy atom. The van der Waals surface area contributed by atoms with Gasteiger partial charge in [-0.1, -0.05) is 53.5 Å². The molecule has 0 heterocycles. The highest BCUT2D eigenvalue weighted by Gasteiger charge is 2.05. The second-order valence-electron chi connectivity index (χ2n) is 7.59. The number of hydrogen-bond acceptors (Lipinski definition) is 4. The summed E-state index contributed by atoms with van der Waals surface area (Å²) in [6.45, 7) is 0.391. The lowest BCUT2D eigenvalue weighted by Crippen LogP contribution is -2.17. The van der Waals surface area contributed by atoms with Gasteiger partial charge in [0.15, 0.2) is 0 Å². The van der Waals surface area contributed by atoms with Gasteiger partial charge in [-0.3, -0.25) is 4.79 Å². The van der Waals surface area contributed by atoms with Crippen LogP contribution in [0.5, 0.6) is 5.75 Å². The molecule has 176 valence electrons. The number of nitrogens with one attached hydrogen (secondary N) is 1. The van der Waals surface area contributed by atoms with E-state index >= 15 is 0 Å². The second kappa shape index (κ2) is 12.5. The minimum Gasteiger partial charge on any atom is -0.489 e. The van der Waals surface area contributed by atoms with Gasteiger partial charge < -0.3 is 4.74 Å². The van der Waals surface area contributed by atoms with Crippen molar-refractivity contribution in [1.29, 1.82) is 0 Å². The van der Waals surface area contributed by atoms with Crippen molar-refractivity contribution in [3.8, 4) is 5.75 Å². The minimum absolute atomic E-state index is 0.266. The first-order valence-corrected chi connectivity index (χ1v) is 12.6. The lowest BCUT2D eigenvalue weighted by molar-refractivity contribution is 0.0955. The zero-order chi connectivity index (χ0) is 24.5. The molecule has 0 bridgehead atoms. The number of thioether (sulfide) groups is 1. The third-order valence-corrected chi connectivity index (χ3v) is 6.75. The van der Waals surface area contributed by atoms with Gasteiger partial charge in [-0.2, -0.15) is 5.10 Å². The quantitative estimate of drug-likeness (QED) is 0.140. The summed E-state index contributed by atoms with van der Waals surface area (Å²) in [5, 5.41) is 5.46. The number of carbonyl (C=O) groups is 1. The molecule has 0 aromatic heterocycles. The van der Waals surface area contributed by atoms with Gasteiger partial charge in [0.25, 0.3) is 5.91 Å². The van der Waals surface area contributed by atoms with Crippen LogP contribution in [0.15, 0.2) is 107 Å². The lowest BCUT2D eigenvalue weighted by atomic mass is 10.1. The zero-order valence-corrected chi connectivity index (χ0v) is 21.0. The third-order valence-electron chi connectivity index (χ3n) is 5.05. The fourth-order valence-corrected chi connectivity index (χ4v) is 4.28. The molecule has 0 fully saturated rings. The Morgan fingerprint density at radius 1 is 0.886 bits per heavy atom. The number of carbonyl (C=O) groups excluding carboxylic acids is 1. The second-order valence-corrected chi connectivity index (χ2v) is 9.48. The summed E-state index contributed by atoms with van der Waals surface area (Å²) in [4.78, 5) is 13.5. The van der Waals surface area contributed by atoms with Gasteiger partial charge >= 0.3 is 0 Å². The Hall–Kier alpha value is -3.25. The molecule has 4 aromatic rings. The summed E-state index contributed by atoms with van der Waals surface area (Å²) in [7, 11) is 0. The first-order valence-electron chi connectivity index (χ1n) is 10.8. The van der Waals surface area contributed by atoms with Crippen LogP contribution < -0.4 is 10.2 Å². The number of hydrazone groups is 1. The van der Waals surface area contributed by atoms with Crippen LogP contribution in [0.4, 0.5) is 0 Å². The summed E-state index contributed by atoms with van der Waals surface area (Å²) in [6.07, 6.45) is 1.59. The van der Waals surface area contributed by atoms with Crippen LogP contribution in [0.3, 0.4) is 0 Å². The summed E-state index contributed by atoms with van der Waals surface area (Å²) in [6, 6.07) is 30.2. The summed E-state index contributed by atoms with van der Waals surface area (Å²) in [5.74, 6) is 1.26. The zero-order valence-electron chi connectivity index (χ0n) is 18.7. The van der Waals surface area contributed by atoms with Crippen molar-refractivity contribution < 1.29 is 9.53 Å². The number of halogens is 2. The predicted octanol–water partition coefficient (Wildman–Crippen LogP) is 7.63. The maximum absolute atomic E-state index is 12.4. The van der Waals surface area contributed by atoms with Gasteiger partial charge in [0.05, 0.1) is 6.21 Å². The molecule has 4 aromatic carbocycles. The van der Waals surface area contributed by atoms with Crippen molar-refractivity contribution in [3.63, 3.8) is 0 Å². The summed E-state index contributed by atoms with van der Waals surface area (Å²) >= 11 is 13.8. The summed E-state index contributed by atoms with van der Waals surface area (Å²) < 4.78 is 5.78. The van der Waals surface area contributed by atoms with Crippen LogP contribution in [0.25, 0.3) is 0 Å². The Morgan fingerprint density at radius 3 is 2.31 bits per heavy atom. The minimum atomic E-state index is -0.266. The van der Waals surface area contributed by atoms with E-state index in [9.17, 15) is 4.79 Å². The fraction of sp³-hybridized carbons (Fsp3) is 0.0714. The van der Waals surface area contributed by atoms with Crippen LogP contribution in [0.1, 0.15) is 27.0 Å². The van der Waals surface area contributed by atoms with Crippen molar-refractivity contribution in [2.75, 3.05) is 0 Å². The van der Waals surface area contributed by atoms with E-state index in [4.69, 9.17) is 27.9 Å². The molecule has 1 N–H and O–H groups in total. The van der Waals surface area contributed by atoms with E-state index in [1.807, 2.05) is 84.9 Å². The van der Waals surface area contributed by atoms with E-state index in [-0.39, 0.29) is 5.91 Å². The molecule has 0 spiro atoms. The molecular formula is C28H22Cl2N2O2S. The van der Waals surface area contributed by atoms with Gasteiger partial charge in [-0.25, -0.2) is 5.43 Å². The normalized spacial score (nSPS) is 10.9. The van der Waals surface area contributed by atoms with Crippen molar-refractivity contribution in [1.82, 2.24) is 5.43 Å². The van der Waals surface area contributed by atoms with E-state index in [1.165, 1.54) is 0 Å². The number of hydrogen-bond donors (Lipinski definition) is 1. The smallest absolute Gasteiger partial charge is 0.271 e. The molecule has 35 heavy (non-hydrogen) atoms. The molecule has 0 atom stereocenters. The predicted molar refractivity (Wildman–Crippen MR) is 145 cm³/mol. The maximum Gasteiger partial charge on any atom is 0.271 e. The number of amides is 1. The lowest BCUT2D eigenvalue weighted by Gasteiger charge is -2.07. The average molecular weight is 521 g/mol. The SMILES string of the molecule is O=C(N/N=C\c1ccc(OCc2ccccc2Cl)cc1)c1ccc(CSc2ccc(Cl)cc2)cc1. The Balaban J connectivity index is 1.24. The Kier molecular flexibility index (Phi) is 8.85. The van der Waals surface area contributed by atoms with Gasteiger partial charge in [-0.05, 0) is 77.9 Å². The molecule has 0 aliphatic heterocycles. The maximum atomic E-state index is 12.4. The first kappa shape index (κ1) is 24.9. The molecule has 7 heteroatoms. The molecule has 1 amide bonds. The van der Waals surface area contributed by atoms with Gasteiger partial charge in [0, 0.05) is 31.8 Å². The third kappa shape index (κ3) is 7.62. The molecule has 4 rings (SSSR count). The largest absolute Gasteiger partial charge is 0.489 e. The Bertz CT molecular complexity index is 1290. The molecular weight excluding hydrogens is 499 g/mol. The average Bonchev–Trinajstić information content (AvgIpc) is 2.89. The highest BCUT2D eigenvalue weighted by molar-refractivity contribution is 7.98. The van der Waals surface area contributed by atoms with Crippen molar-refractivity contribution in [3.05, 3.63) is 129 Å². The van der Waals surface area contributed by atoms with E-state index in [0.717, 1.165) is 38.1 Å². The van der Waals surface area contributed by atoms with Crippen molar-refractivity contribution >= 4 is 47.1 Å². The van der Waals surface area contributed by atoms with E-state index in [1.54, 1.807) is 30.1 Å². The topological polar surface area (TPSA) is 50.7 Å². The monoisotopic (exact) mass is 520 g/mol.